The monoisotopic (exact) mass is 270 g/mol. The van der Waals surface area contributed by atoms with E-state index in [4.69, 9.17) is 10.00 Å². The molecule has 0 aromatic heterocycles. The molecule has 0 aromatic carbocycles. The van der Waals surface area contributed by atoms with Crippen LogP contribution in [0.5, 0.6) is 0 Å². The number of piperidine rings is 1. The van der Waals surface area contributed by atoms with Crippen LogP contribution in [0.15, 0.2) is 0 Å². The van der Waals surface area contributed by atoms with Crippen LogP contribution < -0.4 is 0 Å². The molecule has 1 saturated heterocycles. The van der Waals surface area contributed by atoms with Gasteiger partial charge < -0.3 is 9.64 Å². The lowest BCUT2D eigenvalue weighted by Gasteiger charge is -2.31. The molecule has 1 aliphatic heterocycles. The third kappa shape index (κ3) is 4.57. The van der Waals surface area contributed by atoms with E-state index in [2.05, 4.69) is 0 Å². The smallest absolute Gasteiger partial charge is 0.310 e. The topological polar surface area (TPSA) is 70.4 Å². The predicted octanol–water partition coefficient (Wildman–Crippen LogP) is 1.04. The minimum absolute atomic E-state index is 0.00393. The first-order valence-corrected chi connectivity index (χ1v) is 7.23. The lowest BCUT2D eigenvalue weighted by Crippen LogP contribution is -2.43. The van der Waals surface area contributed by atoms with Crippen LogP contribution in [0.1, 0.15) is 19.8 Å². The van der Waals surface area contributed by atoms with Crippen LogP contribution in [0.2, 0.25) is 0 Å². The molecule has 1 aliphatic rings. The predicted molar refractivity (Wildman–Crippen MR) is 68.9 cm³/mol. The van der Waals surface area contributed by atoms with Crippen LogP contribution in [0.3, 0.4) is 0 Å². The molecular weight excluding hydrogens is 252 g/mol. The minimum atomic E-state index is -0.209. The van der Waals surface area contributed by atoms with Crippen molar-refractivity contribution >= 4 is 23.6 Å². The molecule has 1 fully saturated rings. The molecule has 0 N–H and O–H groups in total. The highest BCUT2D eigenvalue weighted by Gasteiger charge is 2.28. The fourth-order valence-corrected chi connectivity index (χ4v) is 2.48. The maximum atomic E-state index is 11.8. The minimum Gasteiger partial charge on any atom is -0.466 e. The van der Waals surface area contributed by atoms with Crippen LogP contribution in [-0.2, 0) is 14.3 Å². The Morgan fingerprint density at radius 2 is 2.33 bits per heavy atom. The standard InChI is InChI=1S/C12H18N2O3S/c1-2-17-12(16)10-4-3-6-14(8-10)11(15)9-18-7-5-13/h10H,2-4,6-9H2,1H3/t10-/m0/s1. The second-order valence-electron chi connectivity index (χ2n) is 4.08. The van der Waals surface area contributed by atoms with Crippen molar-refractivity contribution in [2.24, 2.45) is 5.92 Å². The molecule has 0 aliphatic carbocycles. The number of nitriles is 1. The second-order valence-corrected chi connectivity index (χ2v) is 5.07. The molecule has 1 amide bonds. The first kappa shape index (κ1) is 14.8. The van der Waals surface area contributed by atoms with E-state index >= 15 is 0 Å². The molecule has 1 rings (SSSR count). The number of esters is 1. The number of likely N-dealkylation sites (tertiary alicyclic amines) is 1. The molecular formula is C12H18N2O3S. The van der Waals surface area contributed by atoms with Gasteiger partial charge in [-0.3, -0.25) is 9.59 Å². The summed E-state index contributed by atoms with van der Waals surface area (Å²) in [6, 6.07) is 1.99. The van der Waals surface area contributed by atoms with Crippen LogP contribution in [-0.4, -0.2) is 48.0 Å². The number of rotatable bonds is 5. The van der Waals surface area contributed by atoms with Crippen molar-refractivity contribution in [1.29, 1.82) is 5.26 Å². The highest BCUT2D eigenvalue weighted by molar-refractivity contribution is 8.00. The summed E-state index contributed by atoms with van der Waals surface area (Å²) in [7, 11) is 0. The molecule has 0 saturated carbocycles. The van der Waals surface area contributed by atoms with Crippen molar-refractivity contribution in [3.63, 3.8) is 0 Å². The average molecular weight is 270 g/mol. The van der Waals surface area contributed by atoms with Crippen molar-refractivity contribution in [2.45, 2.75) is 19.8 Å². The molecule has 1 atom stereocenters. The fraction of sp³-hybridized carbons (Fsp3) is 0.750. The molecule has 1 heterocycles. The van der Waals surface area contributed by atoms with Gasteiger partial charge in [-0.2, -0.15) is 5.26 Å². The van der Waals surface area contributed by atoms with Crippen molar-refractivity contribution in [1.82, 2.24) is 4.90 Å². The summed E-state index contributed by atoms with van der Waals surface area (Å²) in [5.41, 5.74) is 0. The molecule has 0 spiro atoms. The summed E-state index contributed by atoms with van der Waals surface area (Å²) in [4.78, 5) is 25.2. The quantitative estimate of drug-likeness (QED) is 0.551. The first-order chi connectivity index (χ1) is 8.69. The van der Waals surface area contributed by atoms with Crippen molar-refractivity contribution in [3.8, 4) is 6.07 Å². The Hall–Kier alpha value is -1.22. The maximum absolute atomic E-state index is 11.8. The molecule has 0 aromatic rings. The van der Waals surface area contributed by atoms with Gasteiger partial charge in [-0.25, -0.2) is 0 Å². The number of hydrogen-bond donors (Lipinski definition) is 0. The molecule has 5 nitrogen and oxygen atoms in total. The molecule has 0 unspecified atom stereocenters. The third-order valence-corrected chi connectivity index (χ3v) is 3.57. The Kier molecular flexibility index (Phi) is 6.58. The Balaban J connectivity index is 2.40. The number of thioether (sulfide) groups is 1. The van der Waals surface area contributed by atoms with Crippen LogP contribution in [0, 0.1) is 17.2 Å². The number of ether oxygens (including phenoxy) is 1. The first-order valence-electron chi connectivity index (χ1n) is 6.08. The summed E-state index contributed by atoms with van der Waals surface area (Å²) in [5.74, 6) is 0.233. The summed E-state index contributed by atoms with van der Waals surface area (Å²) in [6.45, 7) is 3.30. The van der Waals surface area contributed by atoms with E-state index in [0.29, 0.717) is 31.2 Å². The van der Waals surface area contributed by atoms with Crippen LogP contribution >= 0.6 is 11.8 Å². The summed E-state index contributed by atoms with van der Waals surface area (Å²) in [6.07, 6.45) is 1.62. The third-order valence-electron chi connectivity index (χ3n) is 2.79. The Morgan fingerprint density at radius 1 is 1.56 bits per heavy atom. The highest BCUT2D eigenvalue weighted by Crippen LogP contribution is 2.18. The van der Waals surface area contributed by atoms with Gasteiger partial charge in [0.25, 0.3) is 0 Å². The van der Waals surface area contributed by atoms with E-state index in [0.717, 1.165) is 12.8 Å². The molecule has 18 heavy (non-hydrogen) atoms. The van der Waals surface area contributed by atoms with Crippen LogP contribution in [0.25, 0.3) is 0 Å². The summed E-state index contributed by atoms with van der Waals surface area (Å²) >= 11 is 1.31. The lowest BCUT2D eigenvalue weighted by molar-refractivity contribution is -0.151. The number of amides is 1. The van der Waals surface area contributed by atoms with E-state index in [1.807, 2.05) is 6.07 Å². The zero-order chi connectivity index (χ0) is 13.4. The van der Waals surface area contributed by atoms with E-state index in [-0.39, 0.29) is 17.8 Å². The maximum Gasteiger partial charge on any atom is 0.310 e. The van der Waals surface area contributed by atoms with Crippen molar-refractivity contribution < 1.29 is 14.3 Å². The number of nitrogens with zero attached hydrogens (tertiary/aromatic N) is 2. The van der Waals surface area contributed by atoms with Gasteiger partial charge in [-0.15, -0.1) is 11.8 Å². The van der Waals surface area contributed by atoms with Crippen molar-refractivity contribution in [2.75, 3.05) is 31.2 Å². The zero-order valence-corrected chi connectivity index (χ0v) is 11.4. The Bertz CT molecular complexity index is 341. The van der Waals surface area contributed by atoms with Gasteiger partial charge in [0.05, 0.1) is 30.1 Å². The molecule has 0 bridgehead atoms. The van der Waals surface area contributed by atoms with Gasteiger partial charge >= 0.3 is 5.97 Å². The number of hydrogen-bond acceptors (Lipinski definition) is 5. The SMILES string of the molecule is CCOC(=O)[C@H]1CCCN(C(=O)CSCC#N)C1. The van der Waals surface area contributed by atoms with Gasteiger partial charge in [0.2, 0.25) is 5.91 Å². The van der Waals surface area contributed by atoms with Gasteiger partial charge in [0.1, 0.15) is 0 Å². The van der Waals surface area contributed by atoms with Crippen molar-refractivity contribution in [3.05, 3.63) is 0 Å². The highest BCUT2D eigenvalue weighted by atomic mass is 32.2. The summed E-state index contributed by atoms with van der Waals surface area (Å²) < 4.78 is 4.98. The lowest BCUT2D eigenvalue weighted by atomic mass is 9.98. The van der Waals surface area contributed by atoms with Gasteiger partial charge in [-0.05, 0) is 19.8 Å². The zero-order valence-electron chi connectivity index (χ0n) is 10.6. The van der Waals surface area contributed by atoms with E-state index in [9.17, 15) is 9.59 Å². The fourth-order valence-electron chi connectivity index (χ4n) is 1.93. The van der Waals surface area contributed by atoms with E-state index < -0.39 is 0 Å². The summed E-state index contributed by atoms with van der Waals surface area (Å²) in [5, 5.41) is 8.41. The number of carbonyl (C=O) groups is 2. The van der Waals surface area contributed by atoms with Gasteiger partial charge in [0.15, 0.2) is 0 Å². The number of carbonyl (C=O) groups excluding carboxylic acids is 2. The second kappa shape index (κ2) is 7.98. The Morgan fingerprint density at radius 3 is 3.00 bits per heavy atom. The Labute approximate surface area is 111 Å². The van der Waals surface area contributed by atoms with E-state index in [1.54, 1.807) is 11.8 Å². The van der Waals surface area contributed by atoms with Crippen LogP contribution in [0.4, 0.5) is 0 Å². The van der Waals surface area contributed by atoms with Gasteiger partial charge in [-0.1, -0.05) is 0 Å². The normalized spacial score (nSPS) is 19.1. The largest absolute Gasteiger partial charge is 0.466 e. The molecule has 0 radical (unpaired) electrons. The molecule has 100 valence electrons. The average Bonchev–Trinajstić information content (AvgIpc) is 2.39. The van der Waals surface area contributed by atoms with Gasteiger partial charge in [0, 0.05) is 13.1 Å². The molecule has 6 heteroatoms. The van der Waals surface area contributed by atoms with E-state index in [1.165, 1.54) is 11.8 Å².